The van der Waals surface area contributed by atoms with E-state index >= 15 is 0 Å². The lowest BCUT2D eigenvalue weighted by Crippen LogP contribution is -2.26. The first kappa shape index (κ1) is 11.0. The Balaban J connectivity index is 2.08. The van der Waals surface area contributed by atoms with Crippen molar-refractivity contribution in [3.05, 3.63) is 0 Å². The summed E-state index contributed by atoms with van der Waals surface area (Å²) in [6, 6.07) is 0.840. The fourth-order valence-electron chi connectivity index (χ4n) is 1.58. The highest BCUT2D eigenvalue weighted by atomic mass is 16.5. The van der Waals surface area contributed by atoms with Crippen molar-refractivity contribution in [2.24, 2.45) is 5.92 Å². The number of nitrogens with one attached hydrogen (secondary N) is 1. The van der Waals surface area contributed by atoms with Crippen LogP contribution in [0.25, 0.3) is 0 Å². The van der Waals surface area contributed by atoms with Gasteiger partial charge in [0.25, 0.3) is 0 Å². The number of rotatable bonds is 7. The Morgan fingerprint density at radius 1 is 1.46 bits per heavy atom. The summed E-state index contributed by atoms with van der Waals surface area (Å²) in [6.07, 6.45) is 5.62. The molecule has 2 heteroatoms. The van der Waals surface area contributed by atoms with E-state index in [1.165, 1.54) is 32.2 Å². The number of hydrogen-bond donors (Lipinski definition) is 1. The summed E-state index contributed by atoms with van der Waals surface area (Å²) in [7, 11) is 1.80. The SMILES string of the molecule is CCC(CNC1CC1)CC(C)OC. The standard InChI is InChI=1S/C11H23NO/c1-4-10(7-9(2)13-3)8-12-11-5-6-11/h9-12H,4-8H2,1-3H3. The van der Waals surface area contributed by atoms with Crippen molar-refractivity contribution in [1.29, 1.82) is 0 Å². The number of ether oxygens (including phenoxy) is 1. The van der Waals surface area contributed by atoms with Crippen LogP contribution in [-0.2, 0) is 4.74 Å². The average Bonchev–Trinajstić information content (AvgIpc) is 2.95. The van der Waals surface area contributed by atoms with E-state index in [0.29, 0.717) is 6.10 Å². The maximum Gasteiger partial charge on any atom is 0.0546 e. The maximum atomic E-state index is 5.28. The van der Waals surface area contributed by atoms with E-state index < -0.39 is 0 Å². The molecular weight excluding hydrogens is 162 g/mol. The Labute approximate surface area is 82.0 Å². The minimum Gasteiger partial charge on any atom is -0.382 e. The Morgan fingerprint density at radius 2 is 2.15 bits per heavy atom. The summed E-state index contributed by atoms with van der Waals surface area (Å²) in [5, 5.41) is 3.58. The van der Waals surface area contributed by atoms with Gasteiger partial charge >= 0.3 is 0 Å². The van der Waals surface area contributed by atoms with Crippen molar-refractivity contribution in [2.45, 2.75) is 51.7 Å². The van der Waals surface area contributed by atoms with Gasteiger partial charge in [-0.2, -0.15) is 0 Å². The highest BCUT2D eigenvalue weighted by Gasteiger charge is 2.21. The largest absolute Gasteiger partial charge is 0.382 e. The zero-order chi connectivity index (χ0) is 9.68. The molecule has 1 N–H and O–H groups in total. The van der Waals surface area contributed by atoms with Crippen molar-refractivity contribution < 1.29 is 4.74 Å². The second-order valence-corrected chi connectivity index (χ2v) is 4.24. The van der Waals surface area contributed by atoms with Crippen LogP contribution in [0.1, 0.15) is 39.5 Å². The summed E-state index contributed by atoms with van der Waals surface area (Å²) >= 11 is 0. The highest BCUT2D eigenvalue weighted by Crippen LogP contribution is 2.20. The van der Waals surface area contributed by atoms with E-state index in [-0.39, 0.29) is 0 Å². The van der Waals surface area contributed by atoms with Crippen LogP contribution in [-0.4, -0.2) is 25.8 Å². The van der Waals surface area contributed by atoms with Gasteiger partial charge in [-0.15, -0.1) is 0 Å². The highest BCUT2D eigenvalue weighted by molar-refractivity contribution is 4.81. The predicted octanol–water partition coefficient (Wildman–Crippen LogP) is 2.19. The van der Waals surface area contributed by atoms with Crippen LogP contribution < -0.4 is 5.32 Å². The topological polar surface area (TPSA) is 21.3 Å². The van der Waals surface area contributed by atoms with Gasteiger partial charge in [-0.25, -0.2) is 0 Å². The number of methoxy groups -OCH3 is 1. The Bertz CT molecular complexity index is 134. The quantitative estimate of drug-likeness (QED) is 0.656. The second-order valence-electron chi connectivity index (χ2n) is 4.24. The van der Waals surface area contributed by atoms with Gasteiger partial charge in [-0.05, 0) is 38.6 Å². The van der Waals surface area contributed by atoms with E-state index in [4.69, 9.17) is 4.74 Å². The molecule has 0 aromatic rings. The summed E-state index contributed by atoms with van der Waals surface area (Å²) < 4.78 is 5.28. The van der Waals surface area contributed by atoms with Crippen LogP contribution >= 0.6 is 0 Å². The molecule has 1 fully saturated rings. The molecule has 13 heavy (non-hydrogen) atoms. The van der Waals surface area contributed by atoms with E-state index in [1.54, 1.807) is 7.11 Å². The zero-order valence-electron chi connectivity index (χ0n) is 9.18. The monoisotopic (exact) mass is 185 g/mol. The molecule has 1 aliphatic carbocycles. The van der Waals surface area contributed by atoms with Crippen molar-refractivity contribution in [3.63, 3.8) is 0 Å². The van der Waals surface area contributed by atoms with Gasteiger partial charge in [0, 0.05) is 13.2 Å². The van der Waals surface area contributed by atoms with Crippen LogP contribution in [0.3, 0.4) is 0 Å². The molecule has 1 rings (SSSR count). The third kappa shape index (κ3) is 4.63. The molecule has 2 nitrogen and oxygen atoms in total. The van der Waals surface area contributed by atoms with Gasteiger partial charge in [0.2, 0.25) is 0 Å². The van der Waals surface area contributed by atoms with Gasteiger partial charge in [-0.3, -0.25) is 0 Å². The van der Waals surface area contributed by atoms with Crippen LogP contribution in [0.5, 0.6) is 0 Å². The lowest BCUT2D eigenvalue weighted by Gasteiger charge is -2.19. The number of hydrogen-bond acceptors (Lipinski definition) is 2. The van der Waals surface area contributed by atoms with Gasteiger partial charge < -0.3 is 10.1 Å². The van der Waals surface area contributed by atoms with E-state index in [0.717, 1.165) is 12.0 Å². The molecule has 2 atom stereocenters. The van der Waals surface area contributed by atoms with Crippen molar-refractivity contribution in [3.8, 4) is 0 Å². The third-order valence-electron chi connectivity index (χ3n) is 2.92. The fraction of sp³-hybridized carbons (Fsp3) is 1.00. The van der Waals surface area contributed by atoms with Crippen LogP contribution in [0.15, 0.2) is 0 Å². The summed E-state index contributed by atoms with van der Waals surface area (Å²) in [4.78, 5) is 0. The molecule has 0 aliphatic heterocycles. The molecular formula is C11H23NO. The maximum absolute atomic E-state index is 5.28. The average molecular weight is 185 g/mol. The molecule has 0 heterocycles. The van der Waals surface area contributed by atoms with Crippen molar-refractivity contribution >= 4 is 0 Å². The first-order valence-electron chi connectivity index (χ1n) is 5.52. The van der Waals surface area contributed by atoms with Crippen LogP contribution in [0.4, 0.5) is 0 Å². The normalized spacial score (nSPS) is 21.5. The smallest absolute Gasteiger partial charge is 0.0546 e. The molecule has 0 aromatic heterocycles. The molecule has 1 saturated carbocycles. The Morgan fingerprint density at radius 3 is 2.62 bits per heavy atom. The molecule has 0 amide bonds. The lowest BCUT2D eigenvalue weighted by molar-refractivity contribution is 0.0939. The summed E-state index contributed by atoms with van der Waals surface area (Å²) in [5.74, 6) is 0.788. The molecule has 78 valence electrons. The van der Waals surface area contributed by atoms with Crippen LogP contribution in [0.2, 0.25) is 0 Å². The molecule has 0 radical (unpaired) electrons. The van der Waals surface area contributed by atoms with Gasteiger partial charge in [-0.1, -0.05) is 13.3 Å². The van der Waals surface area contributed by atoms with Gasteiger partial charge in [0.1, 0.15) is 0 Å². The van der Waals surface area contributed by atoms with E-state index in [1.807, 2.05) is 0 Å². The van der Waals surface area contributed by atoms with Crippen molar-refractivity contribution in [2.75, 3.05) is 13.7 Å². The second kappa shape index (κ2) is 5.61. The van der Waals surface area contributed by atoms with Gasteiger partial charge in [0.05, 0.1) is 6.10 Å². The first-order chi connectivity index (χ1) is 6.26. The minimum absolute atomic E-state index is 0.408. The fourth-order valence-corrected chi connectivity index (χ4v) is 1.58. The lowest BCUT2D eigenvalue weighted by atomic mass is 9.99. The third-order valence-corrected chi connectivity index (χ3v) is 2.92. The molecule has 0 aromatic carbocycles. The first-order valence-corrected chi connectivity index (χ1v) is 5.52. The summed E-state index contributed by atoms with van der Waals surface area (Å²) in [6.45, 7) is 5.59. The molecule has 2 unspecified atom stereocenters. The predicted molar refractivity (Wildman–Crippen MR) is 55.9 cm³/mol. The molecule has 0 bridgehead atoms. The minimum atomic E-state index is 0.408. The molecule has 0 saturated heterocycles. The Hall–Kier alpha value is -0.0800. The Kier molecular flexibility index (Phi) is 4.74. The van der Waals surface area contributed by atoms with E-state index in [2.05, 4.69) is 19.2 Å². The van der Waals surface area contributed by atoms with E-state index in [9.17, 15) is 0 Å². The summed E-state index contributed by atoms with van der Waals surface area (Å²) in [5.41, 5.74) is 0. The molecule has 1 aliphatic rings. The van der Waals surface area contributed by atoms with Crippen LogP contribution in [0, 0.1) is 5.92 Å². The van der Waals surface area contributed by atoms with Crippen molar-refractivity contribution in [1.82, 2.24) is 5.32 Å². The zero-order valence-corrected chi connectivity index (χ0v) is 9.18. The molecule has 0 spiro atoms. The van der Waals surface area contributed by atoms with Gasteiger partial charge in [0.15, 0.2) is 0 Å².